The van der Waals surface area contributed by atoms with Crippen molar-refractivity contribution >= 4 is 11.8 Å². The maximum Gasteiger partial charge on any atom is 0.191 e. The first kappa shape index (κ1) is 20.5. The molecule has 0 amide bonds. The highest BCUT2D eigenvalue weighted by Gasteiger charge is 2.31. The average Bonchev–Trinajstić information content (AvgIpc) is 2.65. The number of hydrogen-bond donors (Lipinski definition) is 3. The van der Waals surface area contributed by atoms with Crippen molar-refractivity contribution < 1.29 is 5.11 Å². The maximum atomic E-state index is 9.50. The molecule has 1 saturated carbocycles. The minimum absolute atomic E-state index is 0.201. The van der Waals surface area contributed by atoms with Gasteiger partial charge in [-0.05, 0) is 37.7 Å². The highest BCUT2D eigenvalue weighted by molar-refractivity contribution is 5.79. The van der Waals surface area contributed by atoms with Crippen LogP contribution in [0, 0.1) is 5.41 Å². The molecular weight excluding hydrogens is 326 g/mol. The van der Waals surface area contributed by atoms with Gasteiger partial charge in [0, 0.05) is 45.6 Å². The second-order valence-electron chi connectivity index (χ2n) is 7.46. The first-order valence-electron chi connectivity index (χ1n) is 9.84. The van der Waals surface area contributed by atoms with E-state index in [4.69, 9.17) is 4.99 Å². The van der Waals surface area contributed by atoms with Gasteiger partial charge >= 0.3 is 0 Å². The minimum atomic E-state index is 0.201. The highest BCUT2D eigenvalue weighted by Crippen LogP contribution is 2.38. The summed E-state index contributed by atoms with van der Waals surface area (Å²) in [5.41, 5.74) is 1.31. The molecule has 6 heteroatoms. The fourth-order valence-electron chi connectivity index (χ4n) is 3.79. The molecule has 0 spiro atoms. The Bertz CT molecular complexity index is 562. The number of aliphatic imine (C=N–C) groups is 1. The molecule has 0 aliphatic heterocycles. The Hall–Kier alpha value is -1.82. The van der Waals surface area contributed by atoms with Crippen molar-refractivity contribution in [1.29, 1.82) is 0 Å². The van der Waals surface area contributed by atoms with Crippen LogP contribution in [0.25, 0.3) is 0 Å². The highest BCUT2D eigenvalue weighted by atomic mass is 16.3. The molecule has 0 unspecified atom stereocenters. The second kappa shape index (κ2) is 10.4. The quantitative estimate of drug-likeness (QED) is 0.490. The summed E-state index contributed by atoms with van der Waals surface area (Å²) >= 11 is 0. The summed E-state index contributed by atoms with van der Waals surface area (Å²) < 4.78 is 0. The van der Waals surface area contributed by atoms with Crippen molar-refractivity contribution in [1.82, 2.24) is 15.6 Å². The average molecular weight is 362 g/mol. The van der Waals surface area contributed by atoms with Gasteiger partial charge in [0.2, 0.25) is 0 Å². The summed E-state index contributed by atoms with van der Waals surface area (Å²) in [6.07, 6.45) is 8.89. The van der Waals surface area contributed by atoms with Crippen LogP contribution in [0.4, 0.5) is 5.82 Å². The third-order valence-corrected chi connectivity index (χ3v) is 5.23. The molecule has 1 aromatic rings. The Morgan fingerprint density at radius 3 is 2.69 bits per heavy atom. The van der Waals surface area contributed by atoms with Crippen LogP contribution in [0.1, 0.15) is 51.0 Å². The van der Waals surface area contributed by atoms with Crippen molar-refractivity contribution in [3.63, 3.8) is 0 Å². The molecule has 0 saturated heterocycles. The normalized spacial score (nSPS) is 17.0. The molecule has 1 aromatic heterocycles. The molecule has 2 rings (SSSR count). The monoisotopic (exact) mass is 361 g/mol. The van der Waals surface area contributed by atoms with Gasteiger partial charge in [0.1, 0.15) is 5.82 Å². The van der Waals surface area contributed by atoms with E-state index in [1.54, 1.807) is 0 Å². The van der Waals surface area contributed by atoms with E-state index in [0.29, 0.717) is 6.54 Å². The van der Waals surface area contributed by atoms with Crippen LogP contribution in [0.15, 0.2) is 23.3 Å². The van der Waals surface area contributed by atoms with Crippen LogP contribution in [0.2, 0.25) is 0 Å². The minimum Gasteiger partial charge on any atom is -0.396 e. The Morgan fingerprint density at radius 2 is 2.04 bits per heavy atom. The standard InChI is InChI=1S/C20H35N5O/c1-4-21-19(23-15-17-9-8-13-22-18(17)25(2)3)24-16-20(12-14-26)10-6-5-7-11-20/h8-9,13,26H,4-7,10-12,14-16H2,1-3H3,(H2,21,23,24). The predicted octanol–water partition coefficient (Wildman–Crippen LogP) is 2.54. The lowest BCUT2D eigenvalue weighted by Crippen LogP contribution is -2.45. The number of aliphatic hydroxyl groups is 1. The smallest absolute Gasteiger partial charge is 0.191 e. The van der Waals surface area contributed by atoms with Gasteiger partial charge in [-0.2, -0.15) is 0 Å². The first-order valence-corrected chi connectivity index (χ1v) is 9.84. The van der Waals surface area contributed by atoms with E-state index >= 15 is 0 Å². The number of guanidine groups is 1. The molecule has 6 nitrogen and oxygen atoms in total. The summed E-state index contributed by atoms with van der Waals surface area (Å²) in [6.45, 7) is 4.62. The molecule has 1 heterocycles. The van der Waals surface area contributed by atoms with Crippen LogP contribution < -0.4 is 15.5 Å². The molecule has 1 fully saturated rings. The predicted molar refractivity (Wildman–Crippen MR) is 109 cm³/mol. The number of rotatable bonds is 8. The Kier molecular flexibility index (Phi) is 8.16. The van der Waals surface area contributed by atoms with Gasteiger partial charge in [-0.3, -0.25) is 0 Å². The molecule has 0 atom stereocenters. The second-order valence-corrected chi connectivity index (χ2v) is 7.46. The van der Waals surface area contributed by atoms with E-state index in [1.165, 1.54) is 32.1 Å². The van der Waals surface area contributed by atoms with Crippen LogP contribution in [0.5, 0.6) is 0 Å². The summed E-state index contributed by atoms with van der Waals surface area (Å²) in [5.74, 6) is 1.79. The number of aliphatic hydroxyl groups excluding tert-OH is 1. The van der Waals surface area contributed by atoms with E-state index in [0.717, 1.165) is 36.9 Å². The van der Waals surface area contributed by atoms with Crippen LogP contribution in [-0.4, -0.2) is 49.8 Å². The number of nitrogens with zero attached hydrogens (tertiary/aromatic N) is 3. The van der Waals surface area contributed by atoms with Crippen LogP contribution >= 0.6 is 0 Å². The molecule has 1 aliphatic rings. The van der Waals surface area contributed by atoms with E-state index < -0.39 is 0 Å². The topological polar surface area (TPSA) is 72.8 Å². The third-order valence-electron chi connectivity index (χ3n) is 5.23. The Labute approximate surface area is 158 Å². The molecule has 0 bridgehead atoms. The molecule has 3 N–H and O–H groups in total. The Morgan fingerprint density at radius 1 is 1.27 bits per heavy atom. The molecule has 0 aromatic carbocycles. The molecule has 0 radical (unpaired) electrons. The lowest BCUT2D eigenvalue weighted by molar-refractivity contribution is 0.131. The number of hydrogen-bond acceptors (Lipinski definition) is 4. The van der Waals surface area contributed by atoms with E-state index in [9.17, 15) is 5.11 Å². The summed E-state index contributed by atoms with van der Waals surface area (Å²) in [7, 11) is 4.00. The first-order chi connectivity index (χ1) is 12.6. The summed E-state index contributed by atoms with van der Waals surface area (Å²) in [5, 5.41) is 16.4. The largest absolute Gasteiger partial charge is 0.396 e. The van der Waals surface area contributed by atoms with Crippen molar-refractivity contribution in [2.75, 3.05) is 38.7 Å². The number of anilines is 1. The molecule has 1 aliphatic carbocycles. The zero-order chi connectivity index (χ0) is 18.8. The fraction of sp³-hybridized carbons (Fsp3) is 0.700. The Balaban J connectivity index is 2.04. The van der Waals surface area contributed by atoms with Crippen molar-refractivity contribution in [3.8, 4) is 0 Å². The van der Waals surface area contributed by atoms with Gasteiger partial charge in [0.05, 0.1) is 6.54 Å². The number of nitrogens with one attached hydrogen (secondary N) is 2. The maximum absolute atomic E-state index is 9.50. The van der Waals surface area contributed by atoms with E-state index in [1.807, 2.05) is 31.3 Å². The van der Waals surface area contributed by atoms with Crippen molar-refractivity contribution in [2.24, 2.45) is 10.4 Å². The summed E-state index contributed by atoms with van der Waals surface area (Å²) in [6, 6.07) is 4.03. The van der Waals surface area contributed by atoms with Crippen molar-refractivity contribution in [2.45, 2.75) is 52.0 Å². The third kappa shape index (κ3) is 5.87. The number of aromatic nitrogens is 1. The van der Waals surface area contributed by atoms with Gasteiger partial charge in [0.25, 0.3) is 0 Å². The van der Waals surface area contributed by atoms with Gasteiger partial charge in [0.15, 0.2) is 5.96 Å². The van der Waals surface area contributed by atoms with E-state index in [-0.39, 0.29) is 12.0 Å². The van der Waals surface area contributed by atoms with Gasteiger partial charge < -0.3 is 20.6 Å². The molecule has 146 valence electrons. The SMILES string of the molecule is CCNC(=NCc1cccnc1N(C)C)NCC1(CCO)CCCCC1. The van der Waals surface area contributed by atoms with Crippen LogP contribution in [0.3, 0.4) is 0 Å². The lowest BCUT2D eigenvalue weighted by atomic mass is 9.72. The van der Waals surface area contributed by atoms with E-state index in [2.05, 4.69) is 28.6 Å². The zero-order valence-electron chi connectivity index (χ0n) is 16.6. The van der Waals surface area contributed by atoms with Gasteiger partial charge in [-0.1, -0.05) is 25.3 Å². The van der Waals surface area contributed by atoms with Crippen molar-refractivity contribution in [3.05, 3.63) is 23.9 Å². The molecule has 26 heavy (non-hydrogen) atoms. The summed E-state index contributed by atoms with van der Waals surface area (Å²) in [4.78, 5) is 11.2. The fourth-order valence-corrected chi connectivity index (χ4v) is 3.79. The van der Waals surface area contributed by atoms with Gasteiger partial charge in [-0.15, -0.1) is 0 Å². The van der Waals surface area contributed by atoms with Gasteiger partial charge in [-0.25, -0.2) is 9.98 Å². The lowest BCUT2D eigenvalue weighted by Gasteiger charge is -2.37. The van der Waals surface area contributed by atoms with Crippen LogP contribution in [-0.2, 0) is 6.54 Å². The zero-order valence-corrected chi connectivity index (χ0v) is 16.6. The molecular formula is C20H35N5O. The number of pyridine rings is 1.